The molecular weight excluding hydrogens is 282 g/mol. The molecule has 0 aliphatic rings. The Morgan fingerprint density at radius 3 is 2.41 bits per heavy atom. The predicted octanol–water partition coefficient (Wildman–Crippen LogP) is 2.09. The van der Waals surface area contributed by atoms with Crippen LogP contribution in [0.5, 0.6) is 0 Å². The first kappa shape index (κ1) is 18.6. The highest BCUT2D eigenvalue weighted by Gasteiger charge is 2.25. The average molecular weight is 309 g/mol. The van der Waals surface area contributed by atoms with Crippen molar-refractivity contribution in [3.8, 4) is 0 Å². The number of likely N-dealkylation sites (N-methyl/N-ethyl adjacent to an activating group) is 1. The molecule has 0 fully saturated rings. The Labute approximate surface area is 132 Å². The second-order valence-corrected chi connectivity index (χ2v) is 5.80. The number of rotatable bonds is 9. The van der Waals surface area contributed by atoms with E-state index in [-0.39, 0.29) is 18.6 Å². The van der Waals surface area contributed by atoms with Gasteiger partial charge in [0, 0.05) is 0 Å². The van der Waals surface area contributed by atoms with Gasteiger partial charge in [0.15, 0.2) is 6.29 Å². The molecule has 3 atom stereocenters. The van der Waals surface area contributed by atoms with Gasteiger partial charge >= 0.3 is 5.97 Å². The number of carbonyl (C=O) groups is 1. The second-order valence-electron chi connectivity index (χ2n) is 5.80. The minimum absolute atomic E-state index is 0.269. The topological polar surface area (TPSA) is 67.8 Å². The highest BCUT2D eigenvalue weighted by molar-refractivity contribution is 5.75. The molecule has 5 nitrogen and oxygen atoms in total. The third-order valence-corrected chi connectivity index (χ3v) is 3.31. The Hall–Kier alpha value is -1.43. The number of benzene rings is 1. The standard InChI is InChI=1S/C17H27NO4/c1-12(2)10-15(18-4)17(20)22-13(3)16(19)21-11-14-8-6-5-7-9-14/h5-9,12-13,15-16,18-19H,10-11H2,1-4H3/t13-,15+,16?/m1/s1. The number of hydrogen-bond donors (Lipinski definition) is 2. The number of aliphatic hydroxyl groups excluding tert-OH is 1. The van der Waals surface area contributed by atoms with Crippen molar-refractivity contribution in [3.63, 3.8) is 0 Å². The molecule has 2 N–H and O–H groups in total. The Balaban J connectivity index is 2.42. The Kier molecular flexibility index (Phi) is 8.09. The van der Waals surface area contributed by atoms with E-state index in [1.54, 1.807) is 14.0 Å². The number of esters is 1. The zero-order valence-corrected chi connectivity index (χ0v) is 13.8. The minimum Gasteiger partial charge on any atom is -0.456 e. The maximum absolute atomic E-state index is 12.0. The fourth-order valence-corrected chi connectivity index (χ4v) is 2.02. The van der Waals surface area contributed by atoms with Gasteiger partial charge in [-0.05, 0) is 31.9 Å². The molecule has 22 heavy (non-hydrogen) atoms. The van der Waals surface area contributed by atoms with Crippen molar-refractivity contribution < 1.29 is 19.4 Å². The van der Waals surface area contributed by atoms with Crippen molar-refractivity contribution in [2.45, 2.75) is 52.2 Å². The molecule has 0 amide bonds. The summed E-state index contributed by atoms with van der Waals surface area (Å²) in [5.74, 6) is 0.00520. The van der Waals surface area contributed by atoms with E-state index < -0.39 is 12.4 Å². The highest BCUT2D eigenvalue weighted by Crippen LogP contribution is 2.10. The Morgan fingerprint density at radius 1 is 1.23 bits per heavy atom. The van der Waals surface area contributed by atoms with Crippen LogP contribution in [0.15, 0.2) is 30.3 Å². The quantitative estimate of drug-likeness (QED) is 0.540. The summed E-state index contributed by atoms with van der Waals surface area (Å²) in [6, 6.07) is 9.16. The third-order valence-electron chi connectivity index (χ3n) is 3.31. The first-order valence-electron chi connectivity index (χ1n) is 7.65. The lowest BCUT2D eigenvalue weighted by atomic mass is 10.0. The van der Waals surface area contributed by atoms with Gasteiger partial charge in [-0.2, -0.15) is 0 Å². The van der Waals surface area contributed by atoms with Crippen LogP contribution in [0.3, 0.4) is 0 Å². The van der Waals surface area contributed by atoms with E-state index in [2.05, 4.69) is 5.32 Å². The molecule has 0 saturated heterocycles. The van der Waals surface area contributed by atoms with Crippen LogP contribution in [0.1, 0.15) is 32.8 Å². The van der Waals surface area contributed by atoms with Gasteiger partial charge in [-0.1, -0.05) is 44.2 Å². The summed E-state index contributed by atoms with van der Waals surface area (Å²) in [4.78, 5) is 12.0. The summed E-state index contributed by atoms with van der Waals surface area (Å²) >= 11 is 0. The second kappa shape index (κ2) is 9.56. The molecule has 0 heterocycles. The lowest BCUT2D eigenvalue weighted by Gasteiger charge is -2.23. The van der Waals surface area contributed by atoms with Crippen LogP contribution in [-0.2, 0) is 20.9 Å². The average Bonchev–Trinajstić information content (AvgIpc) is 2.50. The molecule has 0 aliphatic carbocycles. The van der Waals surface area contributed by atoms with Crippen molar-refractivity contribution in [2.24, 2.45) is 5.92 Å². The van der Waals surface area contributed by atoms with Gasteiger partial charge in [0.1, 0.15) is 12.1 Å². The van der Waals surface area contributed by atoms with Crippen molar-refractivity contribution in [1.82, 2.24) is 5.32 Å². The zero-order chi connectivity index (χ0) is 16.5. The van der Waals surface area contributed by atoms with E-state index in [1.165, 1.54) is 0 Å². The normalized spacial score (nSPS) is 15.4. The van der Waals surface area contributed by atoms with Crippen LogP contribution in [0.4, 0.5) is 0 Å². The van der Waals surface area contributed by atoms with Gasteiger partial charge in [-0.25, -0.2) is 0 Å². The van der Waals surface area contributed by atoms with Crippen LogP contribution in [-0.4, -0.2) is 36.6 Å². The van der Waals surface area contributed by atoms with Gasteiger partial charge in [0.2, 0.25) is 0 Å². The van der Waals surface area contributed by atoms with E-state index in [1.807, 2.05) is 44.2 Å². The number of ether oxygens (including phenoxy) is 2. The smallest absolute Gasteiger partial charge is 0.323 e. The van der Waals surface area contributed by atoms with E-state index in [0.717, 1.165) is 5.56 Å². The van der Waals surface area contributed by atoms with Crippen molar-refractivity contribution in [1.29, 1.82) is 0 Å². The van der Waals surface area contributed by atoms with Crippen LogP contribution >= 0.6 is 0 Å². The van der Waals surface area contributed by atoms with Crippen molar-refractivity contribution in [2.75, 3.05) is 7.05 Å². The molecule has 1 aromatic rings. The molecule has 1 rings (SSSR count). The van der Waals surface area contributed by atoms with Crippen LogP contribution in [0.2, 0.25) is 0 Å². The molecule has 0 aliphatic heterocycles. The summed E-state index contributed by atoms with van der Waals surface area (Å²) in [6.45, 7) is 5.97. The first-order valence-corrected chi connectivity index (χ1v) is 7.65. The summed E-state index contributed by atoms with van der Waals surface area (Å²) in [5, 5.41) is 12.9. The third kappa shape index (κ3) is 6.56. The molecule has 0 aromatic heterocycles. The number of carbonyl (C=O) groups excluding carboxylic acids is 1. The lowest BCUT2D eigenvalue weighted by Crippen LogP contribution is -2.41. The first-order chi connectivity index (χ1) is 10.4. The number of hydrogen-bond acceptors (Lipinski definition) is 5. The van der Waals surface area contributed by atoms with Gasteiger partial charge < -0.3 is 19.9 Å². The molecule has 1 unspecified atom stereocenters. The number of aliphatic hydroxyl groups is 1. The monoisotopic (exact) mass is 309 g/mol. The van der Waals surface area contributed by atoms with Crippen molar-refractivity contribution >= 4 is 5.97 Å². The van der Waals surface area contributed by atoms with Crippen LogP contribution in [0, 0.1) is 5.92 Å². The molecule has 124 valence electrons. The summed E-state index contributed by atoms with van der Waals surface area (Å²) in [6.07, 6.45) is -1.19. The molecule has 5 heteroatoms. The maximum Gasteiger partial charge on any atom is 0.323 e. The summed E-state index contributed by atoms with van der Waals surface area (Å²) in [5.41, 5.74) is 0.952. The van der Waals surface area contributed by atoms with Crippen LogP contribution in [0.25, 0.3) is 0 Å². The summed E-state index contributed by atoms with van der Waals surface area (Å²) in [7, 11) is 1.72. The molecule has 0 spiro atoms. The van der Waals surface area contributed by atoms with E-state index >= 15 is 0 Å². The minimum atomic E-state index is -1.15. The molecule has 0 radical (unpaired) electrons. The van der Waals surface area contributed by atoms with Gasteiger partial charge in [-0.15, -0.1) is 0 Å². The van der Waals surface area contributed by atoms with Crippen LogP contribution < -0.4 is 5.32 Å². The largest absolute Gasteiger partial charge is 0.456 e. The zero-order valence-electron chi connectivity index (χ0n) is 13.8. The van der Waals surface area contributed by atoms with Gasteiger partial charge in [0.25, 0.3) is 0 Å². The number of nitrogens with one attached hydrogen (secondary N) is 1. The predicted molar refractivity (Wildman–Crippen MR) is 85.1 cm³/mol. The molecular formula is C17H27NO4. The molecule has 1 aromatic carbocycles. The van der Waals surface area contributed by atoms with E-state index in [4.69, 9.17) is 9.47 Å². The maximum atomic E-state index is 12.0. The SMILES string of the molecule is CN[C@@H](CC(C)C)C(=O)O[C@H](C)C(O)OCc1ccccc1. The molecule has 0 saturated carbocycles. The molecule has 0 bridgehead atoms. The Morgan fingerprint density at radius 2 is 1.86 bits per heavy atom. The van der Waals surface area contributed by atoms with Gasteiger partial charge in [0.05, 0.1) is 6.61 Å². The van der Waals surface area contributed by atoms with Gasteiger partial charge in [-0.3, -0.25) is 4.79 Å². The van der Waals surface area contributed by atoms with E-state index in [0.29, 0.717) is 12.3 Å². The van der Waals surface area contributed by atoms with E-state index in [9.17, 15) is 9.90 Å². The summed E-state index contributed by atoms with van der Waals surface area (Å²) < 4.78 is 10.6. The lowest BCUT2D eigenvalue weighted by molar-refractivity contribution is -0.191. The highest BCUT2D eigenvalue weighted by atomic mass is 16.6. The Bertz CT molecular complexity index is 436. The van der Waals surface area contributed by atoms with Crippen molar-refractivity contribution in [3.05, 3.63) is 35.9 Å². The fourth-order valence-electron chi connectivity index (χ4n) is 2.02. The fraction of sp³-hybridized carbons (Fsp3) is 0.588.